The van der Waals surface area contributed by atoms with E-state index in [0.717, 1.165) is 39.9 Å². The number of nitrogens with one attached hydrogen (secondary N) is 2. The van der Waals surface area contributed by atoms with Gasteiger partial charge in [-0.05, 0) is 38.4 Å². The molecule has 0 atom stereocenters. The molecule has 4 rings (SSSR count). The van der Waals surface area contributed by atoms with Crippen molar-refractivity contribution in [3.63, 3.8) is 0 Å². The summed E-state index contributed by atoms with van der Waals surface area (Å²) in [6.07, 6.45) is 0.0752. The van der Waals surface area contributed by atoms with Crippen molar-refractivity contribution >= 4 is 24.6 Å². The van der Waals surface area contributed by atoms with E-state index < -0.39 is 7.12 Å². The smallest absolute Gasteiger partial charge is 0.453 e. The molecule has 0 bridgehead atoms. The highest BCUT2D eigenvalue weighted by atomic mass is 16.5. The third-order valence-corrected chi connectivity index (χ3v) is 5.52. The lowest BCUT2D eigenvalue weighted by Gasteiger charge is -2.14. The van der Waals surface area contributed by atoms with Gasteiger partial charge in [-0.3, -0.25) is 19.1 Å². The lowest BCUT2D eigenvalue weighted by Crippen LogP contribution is -2.37. The molecule has 1 aliphatic rings. The van der Waals surface area contributed by atoms with Gasteiger partial charge in [0.05, 0.1) is 25.1 Å². The van der Waals surface area contributed by atoms with Crippen LogP contribution in [0.25, 0.3) is 5.69 Å². The third-order valence-electron chi connectivity index (χ3n) is 5.52. The Labute approximate surface area is 215 Å². The number of aromatic nitrogens is 3. The number of amides is 2. The Balaban J connectivity index is 0.000000251. The number of rotatable bonds is 7. The SMILES string of the molecule is CC(=O)NCC(=O)NCCB(O)O.COc1ccc2c(c1)C(c1ccc(C)cc1)=NCc1nnc(C)n1-2. The molecule has 1 aliphatic heterocycles. The summed E-state index contributed by atoms with van der Waals surface area (Å²) in [5.41, 5.74) is 5.33. The van der Waals surface area contributed by atoms with Gasteiger partial charge in [0.1, 0.15) is 18.1 Å². The number of fused-ring (bicyclic) bond motifs is 3. The zero-order chi connectivity index (χ0) is 26.9. The summed E-state index contributed by atoms with van der Waals surface area (Å²) in [7, 11) is 0.261. The van der Waals surface area contributed by atoms with Crippen LogP contribution in [-0.2, 0) is 16.1 Å². The fourth-order valence-corrected chi connectivity index (χ4v) is 3.65. The molecule has 0 saturated heterocycles. The minimum atomic E-state index is -1.42. The molecule has 194 valence electrons. The second-order valence-corrected chi connectivity index (χ2v) is 8.44. The van der Waals surface area contributed by atoms with E-state index in [1.807, 2.05) is 25.1 Å². The second-order valence-electron chi connectivity index (χ2n) is 8.44. The molecule has 2 aromatic carbocycles. The summed E-state index contributed by atoms with van der Waals surface area (Å²) < 4.78 is 7.50. The van der Waals surface area contributed by atoms with Gasteiger partial charge in [-0.1, -0.05) is 29.8 Å². The van der Waals surface area contributed by atoms with Crippen molar-refractivity contribution < 1.29 is 24.4 Å². The number of aryl methyl sites for hydroxylation is 2. The molecule has 0 saturated carbocycles. The van der Waals surface area contributed by atoms with Crippen LogP contribution in [0.3, 0.4) is 0 Å². The van der Waals surface area contributed by atoms with E-state index in [0.29, 0.717) is 6.54 Å². The standard InChI is InChI=1S/C19H18N4O.C6H13BN2O4/c1-12-4-6-14(7-5-12)19-16-10-15(24-3)8-9-17(16)23-13(2)21-22-18(23)11-20-19;1-5(10)9-4-6(11)8-3-2-7(12)13/h4-10H,11H2,1-3H3;12-13H,2-4H2,1H3,(H,8,11)(H,9,10). The third kappa shape index (κ3) is 7.48. The second kappa shape index (κ2) is 12.8. The van der Waals surface area contributed by atoms with Gasteiger partial charge in [-0.15, -0.1) is 10.2 Å². The number of ether oxygens (including phenoxy) is 1. The number of aliphatic imine (C=N–C) groups is 1. The normalized spacial score (nSPS) is 11.6. The lowest BCUT2D eigenvalue weighted by atomic mass is 9.87. The number of hydrogen-bond donors (Lipinski definition) is 4. The molecular formula is C25H31BN6O5. The topological polar surface area (TPSA) is 151 Å². The van der Waals surface area contributed by atoms with Crippen LogP contribution in [0.15, 0.2) is 47.5 Å². The van der Waals surface area contributed by atoms with Gasteiger partial charge in [0.15, 0.2) is 5.82 Å². The number of nitrogens with zero attached hydrogens (tertiary/aromatic N) is 4. The molecule has 0 radical (unpaired) electrons. The molecule has 4 N–H and O–H groups in total. The van der Waals surface area contributed by atoms with Crippen LogP contribution in [-0.4, -0.2) is 69.7 Å². The van der Waals surface area contributed by atoms with Crippen molar-refractivity contribution in [1.82, 2.24) is 25.4 Å². The Bertz CT molecular complexity index is 1270. The maximum atomic E-state index is 10.8. The van der Waals surface area contributed by atoms with Crippen molar-refractivity contribution in [2.24, 2.45) is 4.99 Å². The van der Waals surface area contributed by atoms with E-state index in [1.54, 1.807) is 7.11 Å². The molecule has 0 spiro atoms. The first-order valence-corrected chi connectivity index (χ1v) is 11.8. The Morgan fingerprint density at radius 1 is 1.08 bits per heavy atom. The Morgan fingerprint density at radius 3 is 2.46 bits per heavy atom. The summed E-state index contributed by atoms with van der Waals surface area (Å²) in [5.74, 6) is 1.88. The zero-order valence-electron chi connectivity index (χ0n) is 21.4. The van der Waals surface area contributed by atoms with E-state index in [2.05, 4.69) is 56.6 Å². The van der Waals surface area contributed by atoms with Crippen LogP contribution >= 0.6 is 0 Å². The highest BCUT2D eigenvalue weighted by Crippen LogP contribution is 2.28. The van der Waals surface area contributed by atoms with Gasteiger partial charge in [0.2, 0.25) is 11.8 Å². The predicted molar refractivity (Wildman–Crippen MR) is 140 cm³/mol. The Morgan fingerprint density at radius 2 is 1.81 bits per heavy atom. The first-order chi connectivity index (χ1) is 17.7. The fraction of sp³-hybridized carbons (Fsp3) is 0.320. The number of carbonyl (C=O) groups is 2. The molecule has 1 aromatic heterocycles. The molecular weight excluding hydrogens is 475 g/mol. The van der Waals surface area contributed by atoms with Crippen molar-refractivity contribution in [1.29, 1.82) is 0 Å². The molecule has 0 fully saturated rings. The maximum absolute atomic E-state index is 10.8. The van der Waals surface area contributed by atoms with Gasteiger partial charge in [-0.25, -0.2) is 0 Å². The first-order valence-electron chi connectivity index (χ1n) is 11.8. The minimum absolute atomic E-state index is 0.0752. The zero-order valence-corrected chi connectivity index (χ0v) is 21.4. The molecule has 11 nitrogen and oxygen atoms in total. The van der Waals surface area contributed by atoms with E-state index in [1.165, 1.54) is 12.5 Å². The highest BCUT2D eigenvalue weighted by molar-refractivity contribution is 6.41. The number of carbonyl (C=O) groups excluding carboxylic acids is 2. The van der Waals surface area contributed by atoms with Crippen molar-refractivity contribution in [2.75, 3.05) is 20.2 Å². The lowest BCUT2D eigenvalue weighted by molar-refractivity contribution is -0.124. The number of methoxy groups -OCH3 is 1. The van der Waals surface area contributed by atoms with Crippen LogP contribution in [0.2, 0.25) is 6.32 Å². The molecule has 2 amide bonds. The van der Waals surface area contributed by atoms with Crippen LogP contribution in [0.1, 0.15) is 35.3 Å². The Hall–Kier alpha value is -4.03. The fourth-order valence-electron chi connectivity index (χ4n) is 3.65. The van der Waals surface area contributed by atoms with Gasteiger partial charge in [0.25, 0.3) is 0 Å². The van der Waals surface area contributed by atoms with Gasteiger partial charge >= 0.3 is 7.12 Å². The van der Waals surface area contributed by atoms with E-state index in [-0.39, 0.29) is 31.2 Å². The highest BCUT2D eigenvalue weighted by Gasteiger charge is 2.22. The first kappa shape index (κ1) is 27.6. The minimum Gasteiger partial charge on any atom is -0.497 e. The largest absolute Gasteiger partial charge is 0.497 e. The molecule has 12 heteroatoms. The van der Waals surface area contributed by atoms with E-state index >= 15 is 0 Å². The van der Waals surface area contributed by atoms with Crippen LogP contribution in [0, 0.1) is 13.8 Å². The molecule has 3 aromatic rings. The van der Waals surface area contributed by atoms with E-state index in [4.69, 9.17) is 19.8 Å². The van der Waals surface area contributed by atoms with Crippen molar-refractivity contribution in [3.8, 4) is 11.4 Å². The average molecular weight is 506 g/mol. The van der Waals surface area contributed by atoms with Crippen LogP contribution in [0.4, 0.5) is 0 Å². The predicted octanol–water partition coefficient (Wildman–Crippen LogP) is 0.955. The summed E-state index contributed by atoms with van der Waals surface area (Å²) in [6.45, 7) is 5.94. The average Bonchev–Trinajstić information content (AvgIpc) is 3.15. The summed E-state index contributed by atoms with van der Waals surface area (Å²) in [5, 5.41) is 30.0. The quantitative estimate of drug-likeness (QED) is 0.349. The molecule has 2 heterocycles. The van der Waals surface area contributed by atoms with Crippen LogP contribution < -0.4 is 15.4 Å². The summed E-state index contributed by atoms with van der Waals surface area (Å²) in [4.78, 5) is 26.0. The number of benzene rings is 2. The van der Waals surface area contributed by atoms with Crippen LogP contribution in [0.5, 0.6) is 5.75 Å². The van der Waals surface area contributed by atoms with Crippen molar-refractivity contribution in [2.45, 2.75) is 33.6 Å². The van der Waals surface area contributed by atoms with Gasteiger partial charge in [0, 0.05) is 24.6 Å². The van der Waals surface area contributed by atoms with E-state index in [9.17, 15) is 9.59 Å². The molecule has 0 aliphatic carbocycles. The van der Waals surface area contributed by atoms with Gasteiger partial charge < -0.3 is 25.4 Å². The van der Waals surface area contributed by atoms with Crippen molar-refractivity contribution in [3.05, 3.63) is 70.8 Å². The molecule has 37 heavy (non-hydrogen) atoms. The molecule has 0 unspecified atom stereocenters. The maximum Gasteiger partial charge on any atom is 0.453 e. The monoisotopic (exact) mass is 506 g/mol. The Kier molecular flexibility index (Phi) is 9.53. The summed E-state index contributed by atoms with van der Waals surface area (Å²) in [6, 6.07) is 14.5. The van der Waals surface area contributed by atoms with Gasteiger partial charge in [-0.2, -0.15) is 0 Å². The number of hydrogen-bond acceptors (Lipinski definition) is 8. The summed E-state index contributed by atoms with van der Waals surface area (Å²) >= 11 is 0.